The number of nitrogens with zero attached hydrogens (tertiary/aromatic N) is 1. The number of anilines is 3. The minimum atomic E-state index is 0.694. The molecule has 10 aromatic rings. The Bertz CT molecular complexity index is 3060. The summed E-state index contributed by atoms with van der Waals surface area (Å²) in [5.74, 6) is 0. The Balaban J connectivity index is 0.000000620. The predicted octanol–water partition coefficient (Wildman–Crippen LogP) is 14.8. The third-order valence-electron chi connectivity index (χ3n) is 10.9. The lowest BCUT2D eigenvalue weighted by Crippen LogP contribution is -2.08. The molecule has 0 saturated heterocycles. The Kier molecular flexibility index (Phi) is 11.2. The number of nitrogens with two attached hydrogens (primary N) is 1. The molecule has 4 heteroatoms. The van der Waals surface area contributed by atoms with E-state index in [0.29, 0.717) is 5.70 Å². The highest BCUT2D eigenvalue weighted by Crippen LogP contribution is 2.37. The zero-order valence-corrected chi connectivity index (χ0v) is 34.0. The van der Waals surface area contributed by atoms with Crippen LogP contribution in [-0.4, -0.2) is 4.57 Å². The van der Waals surface area contributed by atoms with Crippen molar-refractivity contribution >= 4 is 50.3 Å². The average Bonchev–Trinajstić information content (AvgIpc) is 3.66. The molecule has 0 saturated carbocycles. The highest BCUT2D eigenvalue weighted by Gasteiger charge is 2.14. The fraction of sp³-hybridized carbons (Fsp3) is 0.0175. The molecular formula is C57H46N4. The lowest BCUT2D eigenvalue weighted by atomic mass is 9.97. The Hall–Kier alpha value is -8.08. The third-order valence-corrected chi connectivity index (χ3v) is 10.9. The molecule has 0 spiro atoms. The van der Waals surface area contributed by atoms with Gasteiger partial charge in [0.05, 0.1) is 22.4 Å². The van der Waals surface area contributed by atoms with E-state index in [1.807, 2.05) is 66.7 Å². The third kappa shape index (κ3) is 8.56. The number of hydrogen-bond acceptors (Lipinski definition) is 3. The second-order valence-corrected chi connectivity index (χ2v) is 15.0. The summed E-state index contributed by atoms with van der Waals surface area (Å²) in [7, 11) is 0. The molecule has 0 aliphatic carbocycles. The van der Waals surface area contributed by atoms with E-state index < -0.39 is 0 Å². The lowest BCUT2D eigenvalue weighted by molar-refractivity contribution is 1.18. The number of aromatic nitrogens is 1. The molecule has 9 aromatic carbocycles. The Morgan fingerprint density at radius 3 is 1.69 bits per heavy atom. The molecule has 0 amide bonds. The number of hydrogen-bond donors (Lipinski definition) is 3. The van der Waals surface area contributed by atoms with Gasteiger partial charge in [-0.1, -0.05) is 175 Å². The fourth-order valence-electron chi connectivity index (χ4n) is 7.85. The number of aryl methyl sites for hydroxylation is 1. The van der Waals surface area contributed by atoms with Gasteiger partial charge in [0.1, 0.15) is 0 Å². The van der Waals surface area contributed by atoms with Gasteiger partial charge in [-0.05, 0) is 95.9 Å². The number of para-hydroxylation sites is 3. The first-order chi connectivity index (χ1) is 30.1. The van der Waals surface area contributed by atoms with E-state index in [-0.39, 0.29) is 0 Å². The molecule has 0 unspecified atom stereocenters. The maximum atomic E-state index is 6.74. The summed E-state index contributed by atoms with van der Waals surface area (Å²) in [5, 5.41) is 9.78. The van der Waals surface area contributed by atoms with Crippen LogP contribution in [0.1, 0.15) is 16.7 Å². The van der Waals surface area contributed by atoms with Crippen LogP contribution in [0.3, 0.4) is 0 Å². The van der Waals surface area contributed by atoms with Gasteiger partial charge < -0.3 is 20.9 Å². The summed E-state index contributed by atoms with van der Waals surface area (Å²) in [6.07, 6.45) is 0. The molecule has 0 bridgehead atoms. The SMILES string of the molecule is Cc1ccccc1.N/C(=C(\Nc1ccc(Nc2ccccc2-c2cccc(-c3ccc4c(c3)c3ccccc3n4-c3ccccc3)c2)cc1)c1ccccc1)c1ccccc1. The highest BCUT2D eigenvalue weighted by atomic mass is 15.0. The molecule has 10 rings (SSSR count). The van der Waals surface area contributed by atoms with Gasteiger partial charge in [-0.25, -0.2) is 0 Å². The van der Waals surface area contributed by atoms with Crippen LogP contribution in [-0.2, 0) is 0 Å². The van der Waals surface area contributed by atoms with Crippen molar-refractivity contribution in [3.8, 4) is 27.9 Å². The van der Waals surface area contributed by atoms with Gasteiger partial charge >= 0.3 is 0 Å². The topological polar surface area (TPSA) is 55.0 Å². The monoisotopic (exact) mass is 786 g/mol. The van der Waals surface area contributed by atoms with Gasteiger partial charge in [0.2, 0.25) is 0 Å². The van der Waals surface area contributed by atoms with Crippen LogP contribution >= 0.6 is 0 Å². The molecule has 0 atom stereocenters. The van der Waals surface area contributed by atoms with E-state index in [1.54, 1.807) is 0 Å². The first-order valence-electron chi connectivity index (χ1n) is 20.6. The van der Waals surface area contributed by atoms with Crippen LogP contribution in [0.2, 0.25) is 0 Å². The molecule has 4 N–H and O–H groups in total. The smallest absolute Gasteiger partial charge is 0.0697 e. The first kappa shape index (κ1) is 38.4. The maximum absolute atomic E-state index is 6.74. The average molecular weight is 787 g/mol. The molecule has 61 heavy (non-hydrogen) atoms. The van der Waals surface area contributed by atoms with Crippen molar-refractivity contribution in [2.24, 2.45) is 5.73 Å². The standard InChI is InChI=1S/C50H38N4.C7H8/c51-49(35-15-4-1-5-16-35)50(36-17-6-2-7-18-36)53-41-30-28-40(29-31-41)52-46-25-12-10-23-43(46)39-20-14-19-37(33-39)38-27-32-48-45(34-38)44-24-11-13-26-47(44)54(48)42-21-8-3-9-22-42;1-7-5-3-2-4-6-7/h1-34,52-53H,51H2;2-6H,1H3/b50-49-;. The number of rotatable bonds is 9. The van der Waals surface area contributed by atoms with Crippen LogP contribution in [0, 0.1) is 6.92 Å². The van der Waals surface area contributed by atoms with Crippen molar-refractivity contribution in [3.05, 3.63) is 253 Å². The maximum Gasteiger partial charge on any atom is 0.0697 e. The van der Waals surface area contributed by atoms with Crippen LogP contribution in [0.4, 0.5) is 17.1 Å². The molecule has 1 heterocycles. The number of nitrogens with one attached hydrogen (secondary N) is 2. The minimum absolute atomic E-state index is 0.694. The first-order valence-corrected chi connectivity index (χ1v) is 20.6. The van der Waals surface area contributed by atoms with Crippen molar-refractivity contribution < 1.29 is 0 Å². The molecule has 0 radical (unpaired) electrons. The van der Waals surface area contributed by atoms with E-state index in [0.717, 1.165) is 50.7 Å². The molecular weight excluding hydrogens is 741 g/mol. The summed E-state index contributed by atoms with van der Waals surface area (Å²) in [5.41, 5.74) is 22.8. The van der Waals surface area contributed by atoms with Gasteiger partial charge in [0.15, 0.2) is 0 Å². The normalized spacial score (nSPS) is 11.4. The van der Waals surface area contributed by atoms with Gasteiger partial charge in [-0.2, -0.15) is 0 Å². The van der Waals surface area contributed by atoms with E-state index >= 15 is 0 Å². The predicted molar refractivity (Wildman–Crippen MR) is 260 cm³/mol. The number of benzene rings is 9. The summed E-state index contributed by atoms with van der Waals surface area (Å²) >= 11 is 0. The van der Waals surface area contributed by atoms with Crippen LogP contribution < -0.4 is 16.4 Å². The number of fused-ring (bicyclic) bond motifs is 3. The molecule has 4 nitrogen and oxygen atoms in total. The Labute approximate surface area is 357 Å². The van der Waals surface area contributed by atoms with Crippen LogP contribution in [0.5, 0.6) is 0 Å². The molecule has 1 aromatic heterocycles. The van der Waals surface area contributed by atoms with E-state index in [9.17, 15) is 0 Å². The van der Waals surface area contributed by atoms with Crippen molar-refractivity contribution in [1.29, 1.82) is 0 Å². The summed E-state index contributed by atoms with van der Waals surface area (Å²) in [6.45, 7) is 2.08. The fourth-order valence-corrected chi connectivity index (χ4v) is 7.85. The van der Waals surface area contributed by atoms with E-state index in [1.165, 1.54) is 38.5 Å². The van der Waals surface area contributed by atoms with Crippen LogP contribution in [0.25, 0.3) is 61.1 Å². The Morgan fingerprint density at radius 1 is 0.426 bits per heavy atom. The lowest BCUT2D eigenvalue weighted by Gasteiger charge is -2.17. The summed E-state index contributed by atoms with van der Waals surface area (Å²) in [4.78, 5) is 0. The second-order valence-electron chi connectivity index (χ2n) is 15.0. The molecule has 0 aliphatic heterocycles. The van der Waals surface area contributed by atoms with Crippen molar-refractivity contribution in [2.75, 3.05) is 10.6 Å². The quantitative estimate of drug-likeness (QED) is 0.128. The Morgan fingerprint density at radius 2 is 0.984 bits per heavy atom. The molecule has 0 fully saturated rings. The van der Waals surface area contributed by atoms with Crippen LogP contribution in [0.15, 0.2) is 237 Å². The van der Waals surface area contributed by atoms with E-state index in [2.05, 4.69) is 192 Å². The van der Waals surface area contributed by atoms with Gasteiger partial charge in [-0.15, -0.1) is 0 Å². The zero-order chi connectivity index (χ0) is 41.4. The largest absolute Gasteiger partial charge is 0.397 e. The highest BCUT2D eigenvalue weighted by molar-refractivity contribution is 6.10. The van der Waals surface area contributed by atoms with Gasteiger partial charge in [0.25, 0.3) is 0 Å². The van der Waals surface area contributed by atoms with Gasteiger partial charge in [0, 0.05) is 44.6 Å². The van der Waals surface area contributed by atoms with E-state index in [4.69, 9.17) is 5.73 Å². The van der Waals surface area contributed by atoms with Crippen molar-refractivity contribution in [1.82, 2.24) is 4.57 Å². The molecule has 294 valence electrons. The zero-order valence-electron chi connectivity index (χ0n) is 34.0. The summed E-state index contributed by atoms with van der Waals surface area (Å²) < 4.78 is 2.36. The van der Waals surface area contributed by atoms with Gasteiger partial charge in [-0.3, -0.25) is 0 Å². The minimum Gasteiger partial charge on any atom is -0.397 e. The van der Waals surface area contributed by atoms with Crippen molar-refractivity contribution in [2.45, 2.75) is 6.92 Å². The van der Waals surface area contributed by atoms with Crippen molar-refractivity contribution in [3.63, 3.8) is 0 Å². The second kappa shape index (κ2) is 17.8. The molecule has 0 aliphatic rings. The summed E-state index contributed by atoms with van der Waals surface area (Å²) in [6, 6.07) is 82.3.